The molecule has 8 heteroatoms. The van der Waals surface area contributed by atoms with Crippen LogP contribution in [0, 0.1) is 13.8 Å². The number of hydrogen-bond acceptors (Lipinski definition) is 5. The highest BCUT2D eigenvalue weighted by atomic mass is 32.2. The highest BCUT2D eigenvalue weighted by molar-refractivity contribution is 7.99. The first-order chi connectivity index (χ1) is 14.8. The number of rotatable bonds is 7. The molecule has 1 aromatic heterocycles. The number of fused-ring (bicyclic) bond motifs is 1. The lowest BCUT2D eigenvalue weighted by atomic mass is 10.1. The minimum Gasteiger partial charge on any atom is -0.295 e. The molecule has 3 aromatic rings. The van der Waals surface area contributed by atoms with Gasteiger partial charge in [0, 0.05) is 30.2 Å². The Labute approximate surface area is 187 Å². The van der Waals surface area contributed by atoms with Crippen LogP contribution in [-0.4, -0.2) is 41.8 Å². The predicted octanol–water partition coefficient (Wildman–Crippen LogP) is 4.18. The Morgan fingerprint density at radius 3 is 2.58 bits per heavy atom. The number of aryl methyl sites for hydroxylation is 2. The van der Waals surface area contributed by atoms with Gasteiger partial charge < -0.3 is 0 Å². The van der Waals surface area contributed by atoms with Crippen LogP contribution in [0.2, 0.25) is 0 Å². The maximum atomic E-state index is 12.8. The molecule has 0 atom stereocenters. The second-order valence-electron chi connectivity index (χ2n) is 7.70. The van der Waals surface area contributed by atoms with E-state index < -0.39 is 10.0 Å². The number of nitrogens with zero attached hydrogens (tertiary/aromatic N) is 3. The molecule has 0 radical (unpaired) electrons. The normalized spacial score (nSPS) is 13.5. The summed E-state index contributed by atoms with van der Waals surface area (Å²) in [7, 11) is -3.29. The van der Waals surface area contributed by atoms with Crippen molar-refractivity contribution in [3.8, 4) is 5.69 Å². The van der Waals surface area contributed by atoms with Crippen LogP contribution in [0.3, 0.4) is 0 Å². The summed E-state index contributed by atoms with van der Waals surface area (Å²) in [5, 5.41) is 0.764. The van der Waals surface area contributed by atoms with Crippen molar-refractivity contribution in [1.29, 1.82) is 0 Å². The van der Waals surface area contributed by atoms with Crippen molar-refractivity contribution < 1.29 is 13.2 Å². The highest BCUT2D eigenvalue weighted by Crippen LogP contribution is 2.32. The number of benzene rings is 2. The molecular formula is C23H25N3O3S2. The molecule has 0 unspecified atom stereocenters. The maximum Gasteiger partial charge on any atom is 0.234 e. The molecule has 0 bridgehead atoms. The number of anilines is 1. The average Bonchev–Trinajstić information content (AvgIpc) is 3.38. The Bertz CT molecular complexity index is 1230. The SMILES string of the molecule is CCS(=O)(=O)N1CCc2cc(C(=O)CSc3nccn3-c3cc(C)cc(C)c3)ccc21. The molecule has 0 aliphatic carbocycles. The maximum absolute atomic E-state index is 12.8. The molecule has 162 valence electrons. The first kappa shape index (κ1) is 21.6. The minimum absolute atomic E-state index is 0.000397. The van der Waals surface area contributed by atoms with E-state index in [-0.39, 0.29) is 17.3 Å². The summed E-state index contributed by atoms with van der Waals surface area (Å²) in [5.41, 5.74) is 5.58. The van der Waals surface area contributed by atoms with Crippen LogP contribution in [0.5, 0.6) is 0 Å². The summed E-state index contributed by atoms with van der Waals surface area (Å²) in [5.74, 6) is 0.327. The van der Waals surface area contributed by atoms with Crippen molar-refractivity contribution in [2.45, 2.75) is 32.3 Å². The third kappa shape index (κ3) is 4.41. The molecule has 0 fully saturated rings. The smallest absolute Gasteiger partial charge is 0.234 e. The van der Waals surface area contributed by atoms with Gasteiger partial charge in [0.15, 0.2) is 10.9 Å². The molecule has 0 spiro atoms. The number of sulfonamides is 1. The standard InChI is InChI=1S/C23H25N3O3S2/c1-4-31(28,29)26-9-7-18-14-19(5-6-21(18)26)22(27)15-30-23-24-8-10-25(23)20-12-16(2)11-17(3)13-20/h5-6,8,10-14H,4,7,9,15H2,1-3H3. The Kier molecular flexibility index (Phi) is 5.94. The summed E-state index contributed by atoms with van der Waals surface area (Å²) >= 11 is 1.40. The minimum atomic E-state index is -3.29. The molecule has 4 rings (SSSR count). The lowest BCUT2D eigenvalue weighted by Gasteiger charge is -2.18. The van der Waals surface area contributed by atoms with E-state index in [0.717, 1.165) is 16.4 Å². The van der Waals surface area contributed by atoms with Gasteiger partial charge in [0.1, 0.15) is 0 Å². The molecule has 0 amide bonds. The number of aromatic nitrogens is 2. The van der Waals surface area contributed by atoms with Crippen LogP contribution in [0.25, 0.3) is 5.69 Å². The van der Waals surface area contributed by atoms with E-state index in [4.69, 9.17) is 0 Å². The summed E-state index contributed by atoms with van der Waals surface area (Å²) in [6.07, 6.45) is 4.27. The third-order valence-electron chi connectivity index (χ3n) is 5.38. The van der Waals surface area contributed by atoms with E-state index in [2.05, 4.69) is 37.0 Å². The zero-order valence-corrected chi connectivity index (χ0v) is 19.5. The highest BCUT2D eigenvalue weighted by Gasteiger charge is 2.28. The van der Waals surface area contributed by atoms with Crippen LogP contribution >= 0.6 is 11.8 Å². The molecule has 6 nitrogen and oxygen atoms in total. The fourth-order valence-electron chi connectivity index (χ4n) is 3.89. The first-order valence-corrected chi connectivity index (χ1v) is 12.8. The summed E-state index contributed by atoms with van der Waals surface area (Å²) < 4.78 is 28.0. The van der Waals surface area contributed by atoms with Gasteiger partial charge in [-0.2, -0.15) is 0 Å². The second kappa shape index (κ2) is 8.51. The van der Waals surface area contributed by atoms with Gasteiger partial charge in [0.2, 0.25) is 10.0 Å². The largest absolute Gasteiger partial charge is 0.295 e. The van der Waals surface area contributed by atoms with Gasteiger partial charge in [0.05, 0.1) is 17.2 Å². The van der Waals surface area contributed by atoms with E-state index in [9.17, 15) is 13.2 Å². The molecule has 1 aliphatic rings. The lowest BCUT2D eigenvalue weighted by molar-refractivity contribution is 0.102. The molecule has 0 saturated heterocycles. The van der Waals surface area contributed by atoms with Crippen molar-refractivity contribution in [2.24, 2.45) is 0 Å². The lowest BCUT2D eigenvalue weighted by Crippen LogP contribution is -2.30. The number of ketones is 1. The quantitative estimate of drug-likeness (QED) is 0.395. The Morgan fingerprint density at radius 2 is 1.87 bits per heavy atom. The Balaban J connectivity index is 1.49. The van der Waals surface area contributed by atoms with E-state index in [1.54, 1.807) is 25.3 Å². The summed E-state index contributed by atoms with van der Waals surface area (Å²) in [4.78, 5) is 17.3. The number of thioether (sulfide) groups is 1. The van der Waals surface area contributed by atoms with Crippen molar-refractivity contribution in [1.82, 2.24) is 9.55 Å². The zero-order valence-electron chi connectivity index (χ0n) is 17.8. The molecule has 2 heterocycles. The molecule has 0 N–H and O–H groups in total. The fourth-order valence-corrected chi connectivity index (χ4v) is 5.91. The monoisotopic (exact) mass is 455 g/mol. The van der Waals surface area contributed by atoms with Crippen molar-refractivity contribution in [3.63, 3.8) is 0 Å². The Hall–Kier alpha value is -2.58. The zero-order chi connectivity index (χ0) is 22.2. The van der Waals surface area contributed by atoms with Gasteiger partial charge in [-0.1, -0.05) is 17.8 Å². The van der Waals surface area contributed by atoms with Crippen LogP contribution in [-0.2, 0) is 16.4 Å². The van der Waals surface area contributed by atoms with Gasteiger partial charge in [-0.3, -0.25) is 13.7 Å². The van der Waals surface area contributed by atoms with Crippen molar-refractivity contribution in [3.05, 3.63) is 71.0 Å². The third-order valence-corrected chi connectivity index (χ3v) is 8.13. The van der Waals surface area contributed by atoms with Gasteiger partial charge in [-0.25, -0.2) is 13.4 Å². The van der Waals surface area contributed by atoms with E-state index in [1.165, 1.54) is 27.2 Å². The molecule has 31 heavy (non-hydrogen) atoms. The van der Waals surface area contributed by atoms with E-state index in [1.807, 2.05) is 16.8 Å². The second-order valence-corrected chi connectivity index (χ2v) is 10.8. The first-order valence-electron chi connectivity index (χ1n) is 10.2. The van der Waals surface area contributed by atoms with Gasteiger partial charge in [-0.15, -0.1) is 0 Å². The fraction of sp³-hybridized carbons (Fsp3) is 0.304. The van der Waals surface area contributed by atoms with Crippen LogP contribution in [0.4, 0.5) is 5.69 Å². The number of hydrogen-bond donors (Lipinski definition) is 0. The van der Waals surface area contributed by atoms with E-state index >= 15 is 0 Å². The number of Topliss-reactive ketones (excluding diaryl/α,β-unsaturated/α-hetero) is 1. The van der Waals surface area contributed by atoms with E-state index in [0.29, 0.717) is 24.2 Å². The predicted molar refractivity (Wildman–Crippen MR) is 125 cm³/mol. The average molecular weight is 456 g/mol. The number of carbonyl (C=O) groups is 1. The number of imidazole rings is 1. The van der Waals surface area contributed by atoms with Crippen LogP contribution < -0.4 is 4.31 Å². The molecule has 0 saturated carbocycles. The molecule has 1 aliphatic heterocycles. The van der Waals surface area contributed by atoms with Gasteiger partial charge in [-0.05, 0) is 74.2 Å². The Morgan fingerprint density at radius 1 is 1.13 bits per heavy atom. The van der Waals surface area contributed by atoms with Crippen LogP contribution in [0.1, 0.15) is 34.0 Å². The van der Waals surface area contributed by atoms with Crippen molar-refractivity contribution in [2.75, 3.05) is 22.4 Å². The summed E-state index contributed by atoms with van der Waals surface area (Å²) in [6, 6.07) is 11.6. The van der Waals surface area contributed by atoms with Gasteiger partial charge >= 0.3 is 0 Å². The summed E-state index contributed by atoms with van der Waals surface area (Å²) in [6.45, 7) is 6.20. The van der Waals surface area contributed by atoms with Crippen LogP contribution in [0.15, 0.2) is 53.9 Å². The number of carbonyl (C=O) groups excluding carboxylic acids is 1. The van der Waals surface area contributed by atoms with Crippen molar-refractivity contribution >= 4 is 33.3 Å². The van der Waals surface area contributed by atoms with Gasteiger partial charge in [0.25, 0.3) is 0 Å². The topological polar surface area (TPSA) is 72.3 Å². The molecular weight excluding hydrogens is 430 g/mol. The molecule has 2 aromatic carbocycles.